The Bertz CT molecular complexity index is 1010. The molecule has 1 heterocycles. The molecule has 0 aliphatic rings. The molecule has 0 bridgehead atoms. The van der Waals surface area contributed by atoms with E-state index in [1.54, 1.807) is 49.0 Å². The SMILES string of the molecule is CN(C)C(=O)Oc1nnc(SCc2ccc(Cl)cc2Cl)n1-c1cccc(Cl)c1. The Hall–Kier alpha value is -1.93. The van der Waals surface area contributed by atoms with E-state index >= 15 is 0 Å². The maximum absolute atomic E-state index is 12.0. The number of benzene rings is 2. The molecule has 28 heavy (non-hydrogen) atoms. The second kappa shape index (κ2) is 9.05. The lowest BCUT2D eigenvalue weighted by molar-refractivity contribution is 0.166. The van der Waals surface area contributed by atoms with Gasteiger partial charge >= 0.3 is 12.1 Å². The molecule has 2 aromatic carbocycles. The Kier molecular flexibility index (Phi) is 6.72. The predicted molar refractivity (Wildman–Crippen MR) is 112 cm³/mol. The van der Waals surface area contributed by atoms with Crippen molar-refractivity contribution in [1.82, 2.24) is 19.7 Å². The van der Waals surface area contributed by atoms with Gasteiger partial charge in [0.25, 0.3) is 0 Å². The minimum absolute atomic E-state index is 0.0469. The first-order chi connectivity index (χ1) is 13.3. The van der Waals surface area contributed by atoms with Crippen LogP contribution in [0.1, 0.15) is 5.56 Å². The zero-order valence-electron chi connectivity index (χ0n) is 14.9. The summed E-state index contributed by atoms with van der Waals surface area (Å²) in [6.07, 6.45) is -0.562. The maximum Gasteiger partial charge on any atom is 0.417 e. The van der Waals surface area contributed by atoms with Crippen molar-refractivity contribution in [3.8, 4) is 11.7 Å². The van der Waals surface area contributed by atoms with Crippen LogP contribution in [0.5, 0.6) is 6.01 Å². The molecule has 3 aromatic rings. The number of aromatic nitrogens is 3. The van der Waals surface area contributed by atoms with Crippen LogP contribution in [0.2, 0.25) is 15.1 Å². The zero-order chi connectivity index (χ0) is 20.3. The molecule has 1 aromatic heterocycles. The van der Waals surface area contributed by atoms with Gasteiger partial charge in [-0.2, -0.15) is 0 Å². The van der Waals surface area contributed by atoms with Crippen molar-refractivity contribution in [2.45, 2.75) is 10.9 Å². The highest BCUT2D eigenvalue weighted by Crippen LogP contribution is 2.32. The summed E-state index contributed by atoms with van der Waals surface area (Å²) in [4.78, 5) is 13.3. The van der Waals surface area contributed by atoms with Gasteiger partial charge in [-0.05, 0) is 35.9 Å². The summed E-state index contributed by atoms with van der Waals surface area (Å²) < 4.78 is 6.98. The van der Waals surface area contributed by atoms with Gasteiger partial charge in [-0.1, -0.05) is 63.8 Å². The van der Waals surface area contributed by atoms with E-state index < -0.39 is 6.09 Å². The maximum atomic E-state index is 12.0. The summed E-state index contributed by atoms with van der Waals surface area (Å²) in [5, 5.41) is 10.4. The fourth-order valence-electron chi connectivity index (χ4n) is 2.20. The summed E-state index contributed by atoms with van der Waals surface area (Å²) in [5.74, 6) is 0.524. The Morgan fingerprint density at radius 3 is 2.54 bits per heavy atom. The Morgan fingerprint density at radius 1 is 1.11 bits per heavy atom. The van der Waals surface area contributed by atoms with Crippen molar-refractivity contribution in [3.05, 3.63) is 63.1 Å². The second-order valence-electron chi connectivity index (χ2n) is 5.87. The quantitative estimate of drug-likeness (QED) is 0.468. The molecule has 6 nitrogen and oxygen atoms in total. The summed E-state index contributed by atoms with van der Waals surface area (Å²) in [6, 6.07) is 12.5. The molecular weight excluding hydrogens is 443 g/mol. The van der Waals surface area contributed by atoms with Crippen LogP contribution in [0.15, 0.2) is 47.6 Å². The summed E-state index contributed by atoms with van der Waals surface area (Å²) in [7, 11) is 3.17. The number of carbonyl (C=O) groups excluding carboxylic acids is 1. The number of hydrogen-bond donors (Lipinski definition) is 0. The number of hydrogen-bond acceptors (Lipinski definition) is 5. The zero-order valence-corrected chi connectivity index (χ0v) is 18.0. The number of rotatable bonds is 5. The molecular formula is C18H15Cl3N4O2S. The first-order valence-corrected chi connectivity index (χ1v) is 10.1. The largest absolute Gasteiger partial charge is 0.417 e. The molecule has 146 valence electrons. The molecule has 0 saturated carbocycles. The molecule has 0 radical (unpaired) electrons. The summed E-state index contributed by atoms with van der Waals surface area (Å²) >= 11 is 19.7. The summed E-state index contributed by atoms with van der Waals surface area (Å²) in [6.45, 7) is 0. The van der Waals surface area contributed by atoms with Crippen LogP contribution in [-0.2, 0) is 5.75 Å². The average Bonchev–Trinajstić information content (AvgIpc) is 3.03. The topological polar surface area (TPSA) is 60.3 Å². The van der Waals surface area contributed by atoms with Crippen molar-refractivity contribution in [2.75, 3.05) is 14.1 Å². The van der Waals surface area contributed by atoms with Crippen molar-refractivity contribution < 1.29 is 9.53 Å². The molecule has 0 aliphatic heterocycles. The lowest BCUT2D eigenvalue weighted by Crippen LogP contribution is -2.26. The first kappa shape index (κ1) is 20.8. The van der Waals surface area contributed by atoms with Gasteiger partial charge in [0.05, 0.1) is 5.69 Å². The molecule has 0 spiro atoms. The molecule has 0 N–H and O–H groups in total. The van der Waals surface area contributed by atoms with Crippen LogP contribution in [0, 0.1) is 0 Å². The van der Waals surface area contributed by atoms with Crippen molar-refractivity contribution in [1.29, 1.82) is 0 Å². The second-order valence-corrected chi connectivity index (χ2v) is 8.09. The van der Waals surface area contributed by atoms with Gasteiger partial charge in [0.15, 0.2) is 5.16 Å². The molecule has 0 unspecified atom stereocenters. The minimum atomic E-state index is -0.562. The van der Waals surface area contributed by atoms with Gasteiger partial charge in [-0.25, -0.2) is 9.36 Å². The fraction of sp³-hybridized carbons (Fsp3) is 0.167. The van der Waals surface area contributed by atoms with Crippen LogP contribution in [0.4, 0.5) is 4.79 Å². The van der Waals surface area contributed by atoms with E-state index in [0.717, 1.165) is 5.56 Å². The Labute approximate surface area is 181 Å². The first-order valence-electron chi connectivity index (χ1n) is 8.02. The number of thioether (sulfide) groups is 1. The summed E-state index contributed by atoms with van der Waals surface area (Å²) in [5.41, 5.74) is 1.56. The van der Waals surface area contributed by atoms with E-state index in [4.69, 9.17) is 39.5 Å². The van der Waals surface area contributed by atoms with E-state index in [1.165, 1.54) is 16.7 Å². The van der Waals surface area contributed by atoms with Crippen molar-refractivity contribution in [2.24, 2.45) is 0 Å². The van der Waals surface area contributed by atoms with Gasteiger partial charge in [0.1, 0.15) is 0 Å². The number of ether oxygens (including phenoxy) is 1. The Morgan fingerprint density at radius 2 is 1.86 bits per heavy atom. The Balaban J connectivity index is 1.94. The van der Waals surface area contributed by atoms with E-state index in [0.29, 0.717) is 31.7 Å². The lowest BCUT2D eigenvalue weighted by Gasteiger charge is -2.13. The van der Waals surface area contributed by atoms with Crippen LogP contribution in [0.3, 0.4) is 0 Å². The highest BCUT2D eigenvalue weighted by atomic mass is 35.5. The molecule has 0 saturated heterocycles. The van der Waals surface area contributed by atoms with Crippen LogP contribution in [0.25, 0.3) is 5.69 Å². The highest BCUT2D eigenvalue weighted by Gasteiger charge is 2.20. The average molecular weight is 458 g/mol. The number of nitrogens with zero attached hydrogens (tertiary/aromatic N) is 4. The number of amides is 1. The van der Waals surface area contributed by atoms with Crippen molar-refractivity contribution in [3.63, 3.8) is 0 Å². The lowest BCUT2D eigenvalue weighted by atomic mass is 10.2. The molecule has 0 atom stereocenters. The highest BCUT2D eigenvalue weighted by molar-refractivity contribution is 7.98. The van der Waals surface area contributed by atoms with E-state index in [1.807, 2.05) is 12.1 Å². The third kappa shape index (κ3) is 4.91. The van der Waals surface area contributed by atoms with Crippen LogP contribution >= 0.6 is 46.6 Å². The predicted octanol–water partition coefficient (Wildman–Crippen LogP) is 5.58. The van der Waals surface area contributed by atoms with Gasteiger partial charge < -0.3 is 9.64 Å². The van der Waals surface area contributed by atoms with Gasteiger partial charge in [-0.15, -0.1) is 5.10 Å². The minimum Gasteiger partial charge on any atom is -0.374 e. The molecule has 0 fully saturated rings. The van der Waals surface area contributed by atoms with E-state index in [9.17, 15) is 4.79 Å². The van der Waals surface area contributed by atoms with Crippen LogP contribution < -0.4 is 4.74 Å². The molecule has 0 aliphatic carbocycles. The third-order valence-electron chi connectivity index (χ3n) is 3.59. The van der Waals surface area contributed by atoms with Crippen LogP contribution in [-0.4, -0.2) is 39.9 Å². The monoisotopic (exact) mass is 456 g/mol. The smallest absolute Gasteiger partial charge is 0.374 e. The third-order valence-corrected chi connectivity index (χ3v) is 5.39. The van der Waals surface area contributed by atoms with E-state index in [2.05, 4.69) is 10.2 Å². The van der Waals surface area contributed by atoms with Gasteiger partial charge in [-0.3, -0.25) is 0 Å². The number of halogens is 3. The molecule has 3 rings (SSSR count). The molecule has 1 amide bonds. The van der Waals surface area contributed by atoms with Crippen molar-refractivity contribution >= 4 is 52.7 Å². The van der Waals surface area contributed by atoms with Gasteiger partial charge in [0.2, 0.25) is 0 Å². The standard InChI is InChI=1S/C18H15Cl3N4O2S/c1-24(2)18(26)27-16-22-23-17(25(16)14-5-3-4-12(19)8-14)28-10-11-6-7-13(20)9-15(11)21/h3-9H,10H2,1-2H3. The molecule has 10 heteroatoms. The van der Waals surface area contributed by atoms with E-state index in [-0.39, 0.29) is 6.01 Å². The van der Waals surface area contributed by atoms with Gasteiger partial charge in [0, 0.05) is 34.9 Å². The number of carbonyl (C=O) groups is 1. The normalized spacial score (nSPS) is 10.8. The fourth-order valence-corrected chi connectivity index (χ4v) is 3.89.